The monoisotopic (exact) mass is 820 g/mol. The van der Waals surface area contributed by atoms with Gasteiger partial charge in [0.25, 0.3) is 11.8 Å². The molecule has 16 heteroatoms. The molecule has 5 aromatic rings. The van der Waals surface area contributed by atoms with Crippen molar-refractivity contribution in [3.63, 3.8) is 0 Å². The van der Waals surface area contributed by atoms with E-state index in [1.54, 1.807) is 0 Å². The first-order valence-electron chi connectivity index (χ1n) is 18.0. The second-order valence-corrected chi connectivity index (χ2v) is 13.6. The lowest BCUT2D eigenvalue weighted by Gasteiger charge is -2.15. The zero-order chi connectivity index (χ0) is 43.9. The molecule has 0 saturated carbocycles. The summed E-state index contributed by atoms with van der Waals surface area (Å²) in [6, 6.07) is 22.5. The molecule has 0 aliphatic rings. The van der Waals surface area contributed by atoms with E-state index in [1.807, 2.05) is 6.07 Å². The van der Waals surface area contributed by atoms with Gasteiger partial charge in [0, 0.05) is 64.1 Å². The fourth-order valence-electron chi connectivity index (χ4n) is 6.03. The predicted molar refractivity (Wildman–Crippen MR) is 212 cm³/mol. The van der Waals surface area contributed by atoms with E-state index in [0.717, 1.165) is 24.3 Å². The summed E-state index contributed by atoms with van der Waals surface area (Å²) in [5.74, 6) is -6.39. The van der Waals surface area contributed by atoms with E-state index in [4.69, 9.17) is 0 Å². The molecule has 0 heterocycles. The second kappa shape index (κ2) is 18.2. The van der Waals surface area contributed by atoms with Gasteiger partial charge in [-0.3, -0.25) is 24.0 Å². The standard InChI is InChI=1S/C44H35F3N4O9/c1-23-34(16-14-32(38(23)54)42(58)51-35-17-15-33(43(59)60)39(55)24(35)2)50-40(56)27-10-12-31(13-11-27)49-41(57)29(18-19-48)22-37(53)26-8-6-25(7-9-26)20-36(52)28-4-3-5-30(21-28)44(45,46)47/h3-17,21,29,54-55H,18,20,22H2,1-2H3,(H,49,57)(H,50,56)(H,51,58)(H,59,60). The van der Waals surface area contributed by atoms with Gasteiger partial charge in [0.1, 0.15) is 17.1 Å². The Morgan fingerprint density at radius 1 is 0.683 bits per heavy atom. The number of rotatable bonds is 14. The van der Waals surface area contributed by atoms with E-state index in [-0.39, 0.29) is 75.3 Å². The van der Waals surface area contributed by atoms with E-state index in [9.17, 15) is 62.5 Å². The summed E-state index contributed by atoms with van der Waals surface area (Å²) in [6.07, 6.45) is -5.44. The van der Waals surface area contributed by atoms with Gasteiger partial charge in [-0.05, 0) is 80.1 Å². The highest BCUT2D eigenvalue weighted by Crippen LogP contribution is 2.33. The third-order valence-corrected chi connectivity index (χ3v) is 9.54. The fourth-order valence-corrected chi connectivity index (χ4v) is 6.03. The smallest absolute Gasteiger partial charge is 0.416 e. The van der Waals surface area contributed by atoms with E-state index in [0.29, 0.717) is 5.56 Å². The number of carbonyl (C=O) groups is 6. The van der Waals surface area contributed by atoms with Crippen molar-refractivity contribution in [3.05, 3.63) is 147 Å². The van der Waals surface area contributed by atoms with Crippen LogP contribution in [0.1, 0.15) is 86.9 Å². The lowest BCUT2D eigenvalue weighted by molar-refractivity contribution is -0.137. The van der Waals surface area contributed by atoms with Crippen LogP contribution in [0.25, 0.3) is 0 Å². The van der Waals surface area contributed by atoms with Gasteiger partial charge in [0.05, 0.1) is 23.1 Å². The number of carboxylic acid groups (broad SMARTS) is 1. The number of nitriles is 1. The number of halogens is 3. The molecule has 13 nitrogen and oxygen atoms in total. The van der Waals surface area contributed by atoms with Gasteiger partial charge in [-0.2, -0.15) is 18.4 Å². The predicted octanol–water partition coefficient (Wildman–Crippen LogP) is 8.10. The number of nitrogens with one attached hydrogen (secondary N) is 3. The molecular formula is C44H35F3N4O9. The van der Waals surface area contributed by atoms with Crippen LogP contribution >= 0.6 is 0 Å². The minimum absolute atomic E-state index is 0.0995. The highest BCUT2D eigenvalue weighted by Gasteiger charge is 2.31. The van der Waals surface area contributed by atoms with Crippen molar-refractivity contribution in [2.75, 3.05) is 16.0 Å². The lowest BCUT2D eigenvalue weighted by atomic mass is 9.94. The van der Waals surface area contributed by atoms with Gasteiger partial charge in [-0.15, -0.1) is 0 Å². The Kier molecular flexibility index (Phi) is 13.1. The van der Waals surface area contributed by atoms with Crippen molar-refractivity contribution in [2.45, 2.75) is 39.3 Å². The quantitative estimate of drug-likeness (QED) is 0.0591. The number of alkyl halides is 3. The molecule has 60 heavy (non-hydrogen) atoms. The number of Topliss-reactive ketones (excluding diaryl/α,β-unsaturated/α-hetero) is 2. The summed E-state index contributed by atoms with van der Waals surface area (Å²) in [6.45, 7) is 2.88. The highest BCUT2D eigenvalue weighted by atomic mass is 19.4. The Balaban J connectivity index is 1.17. The Hall–Kier alpha value is -7.80. The van der Waals surface area contributed by atoms with Gasteiger partial charge in [0.15, 0.2) is 11.6 Å². The van der Waals surface area contributed by atoms with Crippen LogP contribution in [0.4, 0.5) is 30.2 Å². The van der Waals surface area contributed by atoms with Crippen molar-refractivity contribution in [3.8, 4) is 17.6 Å². The minimum Gasteiger partial charge on any atom is -0.507 e. The summed E-state index contributed by atoms with van der Waals surface area (Å²) < 4.78 is 39.2. The molecular weight excluding hydrogens is 785 g/mol. The molecule has 6 N–H and O–H groups in total. The van der Waals surface area contributed by atoms with Gasteiger partial charge < -0.3 is 31.3 Å². The molecule has 0 spiro atoms. The van der Waals surface area contributed by atoms with Crippen LogP contribution in [0, 0.1) is 31.1 Å². The molecule has 0 fully saturated rings. The van der Waals surface area contributed by atoms with Gasteiger partial charge in [-0.1, -0.05) is 36.4 Å². The molecule has 5 rings (SSSR count). The number of anilines is 3. The maximum atomic E-state index is 13.2. The molecule has 0 aliphatic heterocycles. The number of hydrogen-bond acceptors (Lipinski definition) is 9. The number of hydrogen-bond donors (Lipinski definition) is 6. The molecule has 306 valence electrons. The molecule has 0 bridgehead atoms. The Labute approximate surface area is 340 Å². The molecule has 3 amide bonds. The summed E-state index contributed by atoms with van der Waals surface area (Å²) in [4.78, 5) is 76.3. The van der Waals surface area contributed by atoms with Crippen LogP contribution in [-0.2, 0) is 17.4 Å². The summed E-state index contributed by atoms with van der Waals surface area (Å²) >= 11 is 0. The number of carbonyl (C=O) groups excluding carboxylic acids is 5. The molecule has 5 aromatic carbocycles. The fraction of sp³-hybridized carbons (Fsp3) is 0.159. The molecule has 1 atom stereocenters. The van der Waals surface area contributed by atoms with E-state index in [2.05, 4.69) is 16.0 Å². The van der Waals surface area contributed by atoms with Gasteiger partial charge in [-0.25, -0.2) is 4.79 Å². The molecule has 0 aliphatic carbocycles. The van der Waals surface area contributed by atoms with Crippen LogP contribution < -0.4 is 16.0 Å². The zero-order valence-corrected chi connectivity index (χ0v) is 31.8. The van der Waals surface area contributed by atoms with Crippen LogP contribution in [0.5, 0.6) is 11.5 Å². The lowest BCUT2D eigenvalue weighted by Crippen LogP contribution is -2.25. The SMILES string of the molecule is Cc1c(NC(=O)c2ccc(NC(=O)c3ccc(NC(=O)C(CC#N)CC(=O)c4ccc(CC(=O)c5cccc(C(F)(F)F)c5)cc4)cc3)c(C)c2O)ccc(C(=O)O)c1O. The van der Waals surface area contributed by atoms with Gasteiger partial charge in [0.2, 0.25) is 5.91 Å². The van der Waals surface area contributed by atoms with Crippen LogP contribution in [0.15, 0.2) is 97.1 Å². The van der Waals surface area contributed by atoms with Crippen molar-refractivity contribution in [1.29, 1.82) is 5.26 Å². The Morgan fingerprint density at radius 3 is 1.83 bits per heavy atom. The number of aromatic hydroxyl groups is 2. The Morgan fingerprint density at radius 2 is 1.25 bits per heavy atom. The molecule has 1 unspecified atom stereocenters. The Bertz CT molecular complexity index is 2560. The molecule has 0 aromatic heterocycles. The van der Waals surface area contributed by atoms with Gasteiger partial charge >= 0.3 is 12.1 Å². The number of benzene rings is 5. The van der Waals surface area contributed by atoms with Crippen LogP contribution in [-0.4, -0.2) is 50.6 Å². The summed E-state index contributed by atoms with van der Waals surface area (Å²) in [5, 5.41) is 47.4. The normalized spacial score (nSPS) is 11.5. The zero-order valence-electron chi connectivity index (χ0n) is 31.8. The van der Waals surface area contributed by atoms with Crippen LogP contribution in [0.2, 0.25) is 0 Å². The topological polar surface area (TPSA) is 223 Å². The van der Waals surface area contributed by atoms with E-state index in [1.165, 1.54) is 86.6 Å². The number of phenolic OH excluding ortho intramolecular Hbond substituents is 1. The maximum Gasteiger partial charge on any atom is 0.416 e. The van der Waals surface area contributed by atoms with Crippen molar-refractivity contribution >= 4 is 52.3 Å². The summed E-state index contributed by atoms with van der Waals surface area (Å²) in [5.41, 5.74) is 0.0252. The van der Waals surface area contributed by atoms with Crippen molar-refractivity contribution < 1.29 is 57.3 Å². The summed E-state index contributed by atoms with van der Waals surface area (Å²) in [7, 11) is 0. The van der Waals surface area contributed by atoms with Crippen molar-refractivity contribution in [2.24, 2.45) is 5.92 Å². The average Bonchev–Trinajstić information content (AvgIpc) is 3.21. The number of ketones is 2. The maximum absolute atomic E-state index is 13.2. The van der Waals surface area contributed by atoms with E-state index >= 15 is 0 Å². The highest BCUT2D eigenvalue weighted by molar-refractivity contribution is 6.09. The second-order valence-electron chi connectivity index (χ2n) is 13.6. The number of phenols is 2. The first kappa shape index (κ1) is 43.3. The molecule has 0 radical (unpaired) electrons. The van der Waals surface area contributed by atoms with Crippen LogP contribution in [0.3, 0.4) is 0 Å². The number of carboxylic acids is 1. The first-order chi connectivity index (χ1) is 28.4. The average molecular weight is 821 g/mol. The number of nitrogens with zero attached hydrogens (tertiary/aromatic N) is 1. The third kappa shape index (κ3) is 10.2. The largest absolute Gasteiger partial charge is 0.507 e. The van der Waals surface area contributed by atoms with E-state index < -0.39 is 64.4 Å². The van der Waals surface area contributed by atoms with Crippen molar-refractivity contribution in [1.82, 2.24) is 0 Å². The molecule has 0 saturated heterocycles. The first-order valence-corrected chi connectivity index (χ1v) is 18.0. The minimum atomic E-state index is -4.60. The third-order valence-electron chi connectivity index (χ3n) is 9.54. The number of amides is 3. The number of aromatic carboxylic acids is 1.